The van der Waals surface area contributed by atoms with E-state index in [-0.39, 0.29) is 11.7 Å². The van der Waals surface area contributed by atoms with E-state index in [0.29, 0.717) is 43.7 Å². The molecule has 0 unspecified atom stereocenters. The number of carbonyl (C=O) groups is 1. The maximum atomic E-state index is 13.9. The van der Waals surface area contributed by atoms with Crippen LogP contribution in [0.4, 0.5) is 4.39 Å². The second kappa shape index (κ2) is 13.4. The molecule has 208 valence electrons. The maximum Gasteiger partial charge on any atom is 0.289 e. The summed E-state index contributed by atoms with van der Waals surface area (Å²) < 4.78 is 25.5. The Morgan fingerprint density at radius 3 is 2.33 bits per heavy atom. The van der Waals surface area contributed by atoms with Crippen molar-refractivity contribution in [3.05, 3.63) is 125 Å². The molecule has 5 nitrogen and oxygen atoms in total. The summed E-state index contributed by atoms with van der Waals surface area (Å²) in [5, 5.41) is 0. The predicted molar refractivity (Wildman–Crippen MR) is 154 cm³/mol. The van der Waals surface area contributed by atoms with Crippen molar-refractivity contribution in [3.8, 4) is 5.75 Å². The summed E-state index contributed by atoms with van der Waals surface area (Å²) >= 11 is 0. The van der Waals surface area contributed by atoms with Crippen LogP contribution in [0.1, 0.15) is 52.8 Å². The smallest absolute Gasteiger partial charge is 0.289 e. The zero-order valence-electron chi connectivity index (χ0n) is 23.1. The Labute approximate surface area is 236 Å². The molecule has 0 bridgehead atoms. The fourth-order valence-corrected chi connectivity index (χ4v) is 5.42. The Balaban J connectivity index is 1.21. The van der Waals surface area contributed by atoms with Gasteiger partial charge < -0.3 is 14.1 Å². The average molecular weight is 541 g/mol. The minimum Gasteiger partial charge on any atom is -0.494 e. The van der Waals surface area contributed by atoms with E-state index < -0.39 is 0 Å². The van der Waals surface area contributed by atoms with Crippen molar-refractivity contribution in [3.63, 3.8) is 0 Å². The van der Waals surface area contributed by atoms with Crippen molar-refractivity contribution in [2.45, 2.75) is 45.8 Å². The Hall–Kier alpha value is -3.90. The molecule has 1 aliphatic heterocycles. The van der Waals surface area contributed by atoms with Gasteiger partial charge in [-0.05, 0) is 85.2 Å². The third-order valence-corrected chi connectivity index (χ3v) is 7.46. The van der Waals surface area contributed by atoms with Crippen LogP contribution in [0, 0.1) is 11.7 Å². The molecular formula is C34H37FN2O3. The summed E-state index contributed by atoms with van der Waals surface area (Å²) in [6.07, 6.45) is 3.05. The minimum atomic E-state index is -0.253. The van der Waals surface area contributed by atoms with Crippen LogP contribution in [-0.2, 0) is 26.1 Å². The van der Waals surface area contributed by atoms with Crippen LogP contribution in [-0.4, -0.2) is 35.4 Å². The zero-order chi connectivity index (χ0) is 27.7. The van der Waals surface area contributed by atoms with Gasteiger partial charge in [-0.2, -0.15) is 0 Å². The summed E-state index contributed by atoms with van der Waals surface area (Å²) in [7, 11) is 0. The standard InChI is InChI=1S/C34H37FN2O3/c1-2-39-31-13-11-28(12-14-31)23-36(24-29-9-6-10-30(35)22-29)25-32-15-16-33(40-32)34(38)37-19-17-27(18-20-37)21-26-7-4-3-5-8-26/h3-16,22,27H,2,17-21,23-25H2,1H3. The topological polar surface area (TPSA) is 45.9 Å². The average Bonchev–Trinajstić information content (AvgIpc) is 3.43. The van der Waals surface area contributed by atoms with Gasteiger partial charge in [-0.3, -0.25) is 9.69 Å². The van der Waals surface area contributed by atoms with Crippen LogP contribution in [0.3, 0.4) is 0 Å². The number of carbonyl (C=O) groups excluding carboxylic acids is 1. The number of rotatable bonds is 11. The predicted octanol–water partition coefficient (Wildman–Crippen LogP) is 7.11. The molecule has 1 aliphatic rings. The van der Waals surface area contributed by atoms with Gasteiger partial charge in [0.15, 0.2) is 5.76 Å². The highest BCUT2D eigenvalue weighted by atomic mass is 19.1. The zero-order valence-corrected chi connectivity index (χ0v) is 23.1. The minimum absolute atomic E-state index is 0.0485. The quantitative estimate of drug-likeness (QED) is 0.203. The SMILES string of the molecule is CCOc1ccc(CN(Cc2cccc(F)c2)Cc2ccc(C(=O)N3CCC(Cc4ccccc4)CC3)o2)cc1. The van der Waals surface area contributed by atoms with Crippen molar-refractivity contribution in [2.75, 3.05) is 19.7 Å². The molecule has 1 fully saturated rings. The lowest BCUT2D eigenvalue weighted by Crippen LogP contribution is -2.38. The molecule has 0 atom stereocenters. The second-order valence-corrected chi connectivity index (χ2v) is 10.5. The molecule has 4 aromatic rings. The van der Waals surface area contributed by atoms with Gasteiger partial charge in [-0.1, -0.05) is 54.6 Å². The number of hydrogen-bond acceptors (Lipinski definition) is 4. The third kappa shape index (κ3) is 7.60. The van der Waals surface area contributed by atoms with Gasteiger partial charge in [0.1, 0.15) is 17.3 Å². The number of likely N-dealkylation sites (tertiary alicyclic amines) is 1. The number of halogens is 1. The summed E-state index contributed by atoms with van der Waals surface area (Å²) in [6.45, 7) is 5.76. The molecule has 6 heteroatoms. The number of furan rings is 1. The monoisotopic (exact) mass is 540 g/mol. The molecule has 0 saturated carbocycles. The highest BCUT2D eigenvalue weighted by molar-refractivity contribution is 5.91. The fraction of sp³-hybridized carbons (Fsp3) is 0.324. The largest absolute Gasteiger partial charge is 0.494 e. The molecule has 0 radical (unpaired) electrons. The molecule has 2 heterocycles. The first-order valence-corrected chi connectivity index (χ1v) is 14.2. The number of hydrogen-bond donors (Lipinski definition) is 0. The maximum absolute atomic E-state index is 13.9. The van der Waals surface area contributed by atoms with Crippen LogP contribution in [0.15, 0.2) is 95.4 Å². The van der Waals surface area contributed by atoms with Crippen molar-refractivity contribution < 1.29 is 18.3 Å². The second-order valence-electron chi connectivity index (χ2n) is 10.5. The van der Waals surface area contributed by atoms with E-state index >= 15 is 0 Å². The number of nitrogens with zero attached hydrogens (tertiary/aromatic N) is 2. The van der Waals surface area contributed by atoms with E-state index in [1.807, 2.05) is 54.3 Å². The van der Waals surface area contributed by atoms with E-state index in [4.69, 9.17) is 9.15 Å². The van der Waals surface area contributed by atoms with Crippen molar-refractivity contribution >= 4 is 5.91 Å². The molecule has 1 aromatic heterocycles. The summed E-state index contributed by atoms with van der Waals surface area (Å²) in [5.74, 6) is 2.22. The summed E-state index contributed by atoms with van der Waals surface area (Å²) in [6, 6.07) is 28.9. The molecule has 0 aliphatic carbocycles. The van der Waals surface area contributed by atoms with Gasteiger partial charge in [-0.25, -0.2) is 4.39 Å². The van der Waals surface area contributed by atoms with Crippen LogP contribution >= 0.6 is 0 Å². The molecule has 1 saturated heterocycles. The van der Waals surface area contributed by atoms with Crippen LogP contribution < -0.4 is 4.74 Å². The first-order valence-electron chi connectivity index (χ1n) is 14.2. The molecule has 0 spiro atoms. The lowest BCUT2D eigenvalue weighted by atomic mass is 9.90. The Bertz CT molecular complexity index is 1360. The van der Waals surface area contributed by atoms with Crippen molar-refractivity contribution in [1.82, 2.24) is 9.80 Å². The Morgan fingerprint density at radius 2 is 1.60 bits per heavy atom. The highest BCUT2D eigenvalue weighted by Crippen LogP contribution is 2.24. The molecule has 40 heavy (non-hydrogen) atoms. The van der Waals surface area contributed by atoms with Crippen molar-refractivity contribution in [2.24, 2.45) is 5.92 Å². The van der Waals surface area contributed by atoms with E-state index in [9.17, 15) is 9.18 Å². The van der Waals surface area contributed by atoms with E-state index in [2.05, 4.69) is 29.2 Å². The normalized spacial score (nSPS) is 14.0. The Kier molecular flexibility index (Phi) is 9.30. The van der Waals surface area contributed by atoms with Gasteiger partial charge in [-0.15, -0.1) is 0 Å². The van der Waals surface area contributed by atoms with Gasteiger partial charge in [0, 0.05) is 26.2 Å². The van der Waals surface area contributed by atoms with Gasteiger partial charge in [0.25, 0.3) is 5.91 Å². The number of benzene rings is 3. The lowest BCUT2D eigenvalue weighted by molar-refractivity contribution is 0.0654. The number of ether oxygens (including phenoxy) is 1. The van der Waals surface area contributed by atoms with Crippen LogP contribution in [0.25, 0.3) is 0 Å². The molecule has 0 N–H and O–H groups in total. The molecule has 3 aromatic carbocycles. The highest BCUT2D eigenvalue weighted by Gasteiger charge is 2.26. The van der Waals surface area contributed by atoms with Crippen LogP contribution in [0.5, 0.6) is 5.75 Å². The number of piperidine rings is 1. The van der Waals surface area contributed by atoms with E-state index in [0.717, 1.165) is 49.2 Å². The Morgan fingerprint density at radius 1 is 0.875 bits per heavy atom. The molecular weight excluding hydrogens is 503 g/mol. The summed E-state index contributed by atoms with van der Waals surface area (Å²) in [5.41, 5.74) is 3.35. The van der Waals surface area contributed by atoms with Crippen molar-refractivity contribution in [1.29, 1.82) is 0 Å². The lowest BCUT2D eigenvalue weighted by Gasteiger charge is -2.31. The fourth-order valence-electron chi connectivity index (χ4n) is 5.42. The van der Waals surface area contributed by atoms with E-state index in [1.165, 1.54) is 11.6 Å². The van der Waals surface area contributed by atoms with Gasteiger partial charge in [0.05, 0.1) is 13.2 Å². The number of amides is 1. The molecule has 5 rings (SSSR count). The molecule has 1 amide bonds. The summed E-state index contributed by atoms with van der Waals surface area (Å²) in [4.78, 5) is 17.3. The van der Waals surface area contributed by atoms with E-state index in [1.54, 1.807) is 18.2 Å². The first-order chi connectivity index (χ1) is 19.6. The third-order valence-electron chi connectivity index (χ3n) is 7.46. The van der Waals surface area contributed by atoms with Gasteiger partial charge in [0.2, 0.25) is 0 Å². The van der Waals surface area contributed by atoms with Gasteiger partial charge >= 0.3 is 0 Å². The first kappa shape index (κ1) is 27.7. The van der Waals surface area contributed by atoms with Crippen LogP contribution in [0.2, 0.25) is 0 Å².